The van der Waals surface area contributed by atoms with E-state index in [1.807, 2.05) is 32.0 Å². The van der Waals surface area contributed by atoms with Crippen molar-refractivity contribution < 1.29 is 9.90 Å². The molecule has 1 aromatic rings. The number of benzene rings is 1. The highest BCUT2D eigenvalue weighted by Crippen LogP contribution is 2.34. The molecule has 2 N–H and O–H groups in total. The summed E-state index contributed by atoms with van der Waals surface area (Å²) in [7, 11) is 0. The van der Waals surface area contributed by atoms with Crippen molar-refractivity contribution in [1.29, 1.82) is 0 Å². The molecule has 0 atom stereocenters. The summed E-state index contributed by atoms with van der Waals surface area (Å²) in [6.45, 7) is 4.03. The Morgan fingerprint density at radius 2 is 1.94 bits per heavy atom. The fraction of sp³-hybridized carbons (Fsp3) is 0.500. The second-order valence-electron chi connectivity index (χ2n) is 5.04. The van der Waals surface area contributed by atoms with Crippen molar-refractivity contribution >= 4 is 11.7 Å². The van der Waals surface area contributed by atoms with Gasteiger partial charge in [0.2, 0.25) is 0 Å². The lowest BCUT2D eigenvalue weighted by molar-refractivity contribution is -0.142. The molecule has 0 saturated heterocycles. The van der Waals surface area contributed by atoms with Gasteiger partial charge in [-0.3, -0.25) is 0 Å². The average Bonchev–Trinajstić information content (AvgIpc) is 2.73. The molecule has 3 nitrogen and oxygen atoms in total. The number of carboxylic acid groups (broad SMARTS) is 1. The van der Waals surface area contributed by atoms with E-state index >= 15 is 0 Å². The zero-order valence-corrected chi connectivity index (χ0v) is 10.4. The van der Waals surface area contributed by atoms with Gasteiger partial charge in [0.15, 0.2) is 0 Å². The molecule has 17 heavy (non-hydrogen) atoms. The van der Waals surface area contributed by atoms with Crippen molar-refractivity contribution in [2.75, 3.05) is 5.32 Å². The molecule has 1 aromatic carbocycles. The fourth-order valence-electron chi connectivity index (χ4n) is 2.50. The Bertz CT molecular complexity index is 434. The van der Waals surface area contributed by atoms with Crippen LogP contribution in [0.15, 0.2) is 18.2 Å². The number of hydrogen-bond donors (Lipinski definition) is 2. The molecule has 92 valence electrons. The van der Waals surface area contributed by atoms with Crippen molar-refractivity contribution in [2.24, 2.45) is 0 Å². The van der Waals surface area contributed by atoms with Crippen LogP contribution in [0.2, 0.25) is 0 Å². The van der Waals surface area contributed by atoms with Crippen molar-refractivity contribution in [1.82, 2.24) is 0 Å². The minimum Gasteiger partial charge on any atom is -0.480 e. The molecule has 1 aliphatic carbocycles. The number of anilines is 1. The van der Waals surface area contributed by atoms with Crippen LogP contribution in [0.5, 0.6) is 0 Å². The van der Waals surface area contributed by atoms with Gasteiger partial charge in [-0.1, -0.05) is 25.0 Å². The molecule has 0 heterocycles. The normalized spacial score (nSPS) is 18.0. The van der Waals surface area contributed by atoms with Gasteiger partial charge in [-0.2, -0.15) is 0 Å². The Labute approximate surface area is 102 Å². The van der Waals surface area contributed by atoms with Crippen LogP contribution in [0, 0.1) is 13.8 Å². The molecule has 0 amide bonds. The monoisotopic (exact) mass is 233 g/mol. The molecule has 0 spiro atoms. The van der Waals surface area contributed by atoms with E-state index in [9.17, 15) is 9.90 Å². The summed E-state index contributed by atoms with van der Waals surface area (Å²) in [5, 5.41) is 12.7. The lowest BCUT2D eigenvalue weighted by atomic mass is 9.96. The predicted octanol–water partition coefficient (Wildman–Crippen LogP) is 3.11. The van der Waals surface area contributed by atoms with Crippen molar-refractivity contribution in [3.63, 3.8) is 0 Å². The summed E-state index contributed by atoms with van der Waals surface area (Å²) in [5.74, 6) is -0.726. The molecule has 0 bridgehead atoms. The van der Waals surface area contributed by atoms with Gasteiger partial charge in [0, 0.05) is 5.69 Å². The van der Waals surface area contributed by atoms with E-state index in [-0.39, 0.29) is 0 Å². The molecule has 0 unspecified atom stereocenters. The summed E-state index contributed by atoms with van der Waals surface area (Å²) >= 11 is 0. The minimum absolute atomic E-state index is 0.718. The first-order valence-electron chi connectivity index (χ1n) is 6.12. The summed E-state index contributed by atoms with van der Waals surface area (Å²) in [6.07, 6.45) is 3.42. The fourth-order valence-corrected chi connectivity index (χ4v) is 2.50. The summed E-state index contributed by atoms with van der Waals surface area (Å²) in [6, 6.07) is 6.10. The summed E-state index contributed by atoms with van der Waals surface area (Å²) in [5.41, 5.74) is 2.45. The molecule has 3 heteroatoms. The third-order valence-electron chi connectivity index (χ3n) is 3.63. The number of nitrogens with one attached hydrogen (secondary N) is 1. The van der Waals surface area contributed by atoms with Gasteiger partial charge in [0.25, 0.3) is 0 Å². The largest absolute Gasteiger partial charge is 0.480 e. The quantitative estimate of drug-likeness (QED) is 0.843. The zero-order valence-electron chi connectivity index (χ0n) is 10.4. The number of carboxylic acids is 1. The maximum atomic E-state index is 11.5. The highest BCUT2D eigenvalue weighted by Gasteiger charge is 2.41. The molecular formula is C14H19NO2. The minimum atomic E-state index is -0.751. The smallest absolute Gasteiger partial charge is 0.329 e. The second kappa shape index (κ2) is 4.40. The molecule has 0 aromatic heterocycles. The topological polar surface area (TPSA) is 49.3 Å². The summed E-state index contributed by atoms with van der Waals surface area (Å²) in [4.78, 5) is 11.5. The number of aryl methyl sites for hydroxylation is 2. The number of aliphatic carboxylic acids is 1. The molecule has 1 fully saturated rings. The van der Waals surface area contributed by atoms with Gasteiger partial charge in [0.1, 0.15) is 5.54 Å². The lowest BCUT2D eigenvalue weighted by Gasteiger charge is -2.27. The molecule has 0 radical (unpaired) electrons. The highest BCUT2D eigenvalue weighted by atomic mass is 16.4. The molecule has 1 saturated carbocycles. The van der Waals surface area contributed by atoms with E-state index in [1.165, 1.54) is 0 Å². The molecule has 1 aliphatic rings. The predicted molar refractivity (Wildman–Crippen MR) is 68.4 cm³/mol. The highest BCUT2D eigenvalue weighted by molar-refractivity contribution is 5.83. The van der Waals surface area contributed by atoms with Crippen LogP contribution >= 0.6 is 0 Å². The van der Waals surface area contributed by atoms with Crippen molar-refractivity contribution in [3.05, 3.63) is 29.3 Å². The average molecular weight is 233 g/mol. The van der Waals surface area contributed by atoms with Crippen LogP contribution in [0.1, 0.15) is 36.8 Å². The Morgan fingerprint density at radius 1 is 1.29 bits per heavy atom. The standard InChI is InChI=1S/C14H19NO2/c1-10-5-6-11(2)12(9-10)15-14(13(16)17)7-3-4-8-14/h5-6,9,15H,3-4,7-8H2,1-2H3,(H,16,17). The molecule has 0 aliphatic heterocycles. The van der Waals surface area contributed by atoms with Gasteiger partial charge in [0.05, 0.1) is 0 Å². The molecule has 2 rings (SSSR count). The maximum Gasteiger partial charge on any atom is 0.329 e. The van der Waals surface area contributed by atoms with E-state index in [2.05, 4.69) is 5.32 Å². The Balaban J connectivity index is 2.29. The van der Waals surface area contributed by atoms with E-state index in [1.54, 1.807) is 0 Å². The van der Waals surface area contributed by atoms with Crippen LogP contribution in [0.3, 0.4) is 0 Å². The van der Waals surface area contributed by atoms with Gasteiger partial charge >= 0.3 is 5.97 Å². The molecular weight excluding hydrogens is 214 g/mol. The zero-order chi connectivity index (χ0) is 12.5. The maximum absolute atomic E-state index is 11.5. The van der Waals surface area contributed by atoms with E-state index < -0.39 is 11.5 Å². The van der Waals surface area contributed by atoms with Crippen molar-refractivity contribution in [2.45, 2.75) is 45.1 Å². The summed E-state index contributed by atoms with van der Waals surface area (Å²) < 4.78 is 0. The van der Waals surface area contributed by atoms with Crippen LogP contribution in [0.25, 0.3) is 0 Å². The van der Waals surface area contributed by atoms with Gasteiger partial charge in [-0.25, -0.2) is 4.79 Å². The van der Waals surface area contributed by atoms with Gasteiger partial charge < -0.3 is 10.4 Å². The van der Waals surface area contributed by atoms with Crippen LogP contribution in [0.4, 0.5) is 5.69 Å². The lowest BCUT2D eigenvalue weighted by Crippen LogP contribution is -2.43. The number of hydrogen-bond acceptors (Lipinski definition) is 2. The van der Waals surface area contributed by atoms with Crippen LogP contribution in [-0.4, -0.2) is 16.6 Å². The van der Waals surface area contributed by atoms with Gasteiger partial charge in [-0.15, -0.1) is 0 Å². The van der Waals surface area contributed by atoms with E-state index in [0.717, 1.165) is 42.5 Å². The van der Waals surface area contributed by atoms with E-state index in [4.69, 9.17) is 0 Å². The van der Waals surface area contributed by atoms with Crippen molar-refractivity contribution in [3.8, 4) is 0 Å². The Kier molecular flexibility index (Phi) is 3.09. The number of rotatable bonds is 3. The van der Waals surface area contributed by atoms with E-state index in [0.29, 0.717) is 0 Å². The third kappa shape index (κ3) is 2.28. The Hall–Kier alpha value is -1.51. The SMILES string of the molecule is Cc1ccc(C)c(NC2(C(=O)O)CCCC2)c1. The van der Waals surface area contributed by atoms with Gasteiger partial charge in [-0.05, 0) is 43.9 Å². The Morgan fingerprint density at radius 3 is 2.53 bits per heavy atom. The first-order chi connectivity index (χ1) is 8.03. The first kappa shape index (κ1) is 12.0. The van der Waals surface area contributed by atoms with Crippen LogP contribution < -0.4 is 5.32 Å². The third-order valence-corrected chi connectivity index (χ3v) is 3.63. The van der Waals surface area contributed by atoms with Crippen LogP contribution in [-0.2, 0) is 4.79 Å². The first-order valence-corrected chi connectivity index (χ1v) is 6.12. The second-order valence-corrected chi connectivity index (χ2v) is 5.04. The number of carbonyl (C=O) groups is 1.